The lowest BCUT2D eigenvalue weighted by Crippen LogP contribution is -2.32. The van der Waals surface area contributed by atoms with Gasteiger partial charge in [-0.1, -0.05) is 49.2 Å². The molecule has 3 unspecified atom stereocenters. The number of H-pyrrole nitrogens is 1. The van der Waals surface area contributed by atoms with Crippen molar-refractivity contribution < 1.29 is 13.6 Å². The van der Waals surface area contributed by atoms with Crippen LogP contribution >= 0.6 is 0 Å². The van der Waals surface area contributed by atoms with Crippen molar-refractivity contribution in [3.05, 3.63) is 66.0 Å². The molecule has 2 aliphatic rings. The van der Waals surface area contributed by atoms with E-state index in [0.717, 1.165) is 35.0 Å². The number of aromatic nitrogens is 2. The molecule has 6 heteroatoms. The Balaban J connectivity index is 1.42. The minimum Gasteiger partial charge on any atom is -0.345 e. The van der Waals surface area contributed by atoms with Crippen molar-refractivity contribution in [3.8, 4) is 0 Å². The topological polar surface area (TPSA) is 57.8 Å². The van der Waals surface area contributed by atoms with Crippen molar-refractivity contribution in [2.24, 2.45) is 11.3 Å². The van der Waals surface area contributed by atoms with Gasteiger partial charge in [0.1, 0.15) is 0 Å². The van der Waals surface area contributed by atoms with Crippen LogP contribution < -0.4 is 5.32 Å². The third-order valence-electron chi connectivity index (χ3n) is 6.74. The molecule has 1 aromatic heterocycles. The van der Waals surface area contributed by atoms with Crippen LogP contribution in [0.25, 0.3) is 11.0 Å². The summed E-state index contributed by atoms with van der Waals surface area (Å²) in [6, 6.07) is 15.0. The fraction of sp³-hybridized carbons (Fsp3) is 0.391. The van der Waals surface area contributed by atoms with E-state index in [2.05, 4.69) is 15.3 Å². The molecule has 0 radical (unpaired) electrons. The molecule has 3 atom stereocenters. The quantitative estimate of drug-likeness (QED) is 0.640. The normalized spacial score (nSPS) is 25.9. The number of benzene rings is 2. The first-order valence-electron chi connectivity index (χ1n) is 10.2. The summed E-state index contributed by atoms with van der Waals surface area (Å²) in [5.41, 5.74) is 2.39. The maximum atomic E-state index is 14.4. The lowest BCUT2D eigenvalue weighted by molar-refractivity contribution is -0.124. The number of amides is 1. The third-order valence-corrected chi connectivity index (χ3v) is 6.74. The summed E-state index contributed by atoms with van der Waals surface area (Å²) in [6.45, 7) is 0. The van der Waals surface area contributed by atoms with Gasteiger partial charge in [0.15, 0.2) is 0 Å². The largest absolute Gasteiger partial charge is 0.345 e. The Kier molecular flexibility index (Phi) is 4.19. The van der Waals surface area contributed by atoms with E-state index < -0.39 is 23.3 Å². The molecule has 0 saturated heterocycles. The smallest absolute Gasteiger partial charge is 0.258 e. The minimum absolute atomic E-state index is 0.111. The Morgan fingerprint density at radius 1 is 1.17 bits per heavy atom. The van der Waals surface area contributed by atoms with Crippen molar-refractivity contribution in [2.45, 2.75) is 44.1 Å². The number of carbonyl (C=O) groups is 1. The van der Waals surface area contributed by atoms with Gasteiger partial charge in [0.2, 0.25) is 5.91 Å². The highest BCUT2D eigenvalue weighted by molar-refractivity contribution is 5.80. The Hall–Kier alpha value is -2.76. The molecule has 2 fully saturated rings. The molecule has 29 heavy (non-hydrogen) atoms. The van der Waals surface area contributed by atoms with Crippen LogP contribution in [0.4, 0.5) is 8.78 Å². The van der Waals surface area contributed by atoms with Gasteiger partial charge in [-0.25, -0.2) is 13.8 Å². The lowest BCUT2D eigenvalue weighted by Gasteiger charge is -2.24. The van der Waals surface area contributed by atoms with E-state index in [-0.39, 0.29) is 12.3 Å². The van der Waals surface area contributed by atoms with Crippen molar-refractivity contribution >= 4 is 16.9 Å². The SMILES string of the molecule is O=C(CC12CCCCC1C2(F)F)NC(c1ccccc1)c1ccc2nc[nH]c2c1. The first-order chi connectivity index (χ1) is 14.0. The number of hydrogen-bond donors (Lipinski definition) is 2. The predicted octanol–water partition coefficient (Wildman–Crippen LogP) is 4.98. The van der Waals surface area contributed by atoms with E-state index >= 15 is 0 Å². The zero-order valence-electron chi connectivity index (χ0n) is 16.0. The van der Waals surface area contributed by atoms with Crippen LogP contribution in [0.1, 0.15) is 49.3 Å². The molecule has 3 aromatic rings. The highest BCUT2D eigenvalue weighted by Gasteiger charge is 2.80. The molecular weight excluding hydrogens is 372 g/mol. The monoisotopic (exact) mass is 395 g/mol. The van der Waals surface area contributed by atoms with Gasteiger partial charge in [-0.05, 0) is 36.1 Å². The van der Waals surface area contributed by atoms with Gasteiger partial charge in [-0.15, -0.1) is 0 Å². The van der Waals surface area contributed by atoms with Gasteiger partial charge in [0, 0.05) is 12.3 Å². The van der Waals surface area contributed by atoms with Crippen molar-refractivity contribution in [2.75, 3.05) is 0 Å². The molecule has 0 bridgehead atoms. The molecule has 0 spiro atoms. The van der Waals surface area contributed by atoms with Crippen LogP contribution in [0.3, 0.4) is 0 Å². The molecule has 1 heterocycles. The van der Waals surface area contributed by atoms with Crippen LogP contribution in [0.5, 0.6) is 0 Å². The average molecular weight is 395 g/mol. The van der Waals surface area contributed by atoms with Gasteiger partial charge >= 0.3 is 0 Å². The summed E-state index contributed by atoms with van der Waals surface area (Å²) in [6.07, 6.45) is 4.09. The van der Waals surface area contributed by atoms with Crippen LogP contribution in [-0.4, -0.2) is 21.8 Å². The first-order valence-corrected chi connectivity index (χ1v) is 10.2. The van der Waals surface area contributed by atoms with Crippen LogP contribution in [-0.2, 0) is 4.79 Å². The first kappa shape index (κ1) is 18.3. The zero-order chi connectivity index (χ0) is 20.1. The number of nitrogens with zero attached hydrogens (tertiary/aromatic N) is 1. The van der Waals surface area contributed by atoms with E-state index in [1.54, 1.807) is 6.33 Å². The highest BCUT2D eigenvalue weighted by atomic mass is 19.3. The Labute approximate surface area is 167 Å². The van der Waals surface area contributed by atoms with E-state index in [4.69, 9.17) is 0 Å². The second-order valence-corrected chi connectivity index (χ2v) is 8.34. The summed E-state index contributed by atoms with van der Waals surface area (Å²) in [4.78, 5) is 20.3. The number of halogens is 2. The van der Waals surface area contributed by atoms with Crippen molar-refractivity contribution in [3.63, 3.8) is 0 Å². The predicted molar refractivity (Wildman–Crippen MR) is 106 cm³/mol. The number of alkyl halides is 2. The Morgan fingerprint density at radius 2 is 2.00 bits per heavy atom. The second-order valence-electron chi connectivity index (χ2n) is 8.34. The van der Waals surface area contributed by atoms with E-state index in [9.17, 15) is 13.6 Å². The van der Waals surface area contributed by atoms with Crippen LogP contribution in [0, 0.1) is 11.3 Å². The van der Waals surface area contributed by atoms with Gasteiger partial charge in [-0.2, -0.15) is 0 Å². The number of hydrogen-bond acceptors (Lipinski definition) is 2. The fourth-order valence-corrected chi connectivity index (χ4v) is 5.14. The molecule has 2 aliphatic carbocycles. The zero-order valence-corrected chi connectivity index (χ0v) is 16.0. The summed E-state index contributed by atoms with van der Waals surface area (Å²) in [5.74, 6) is -3.66. The van der Waals surface area contributed by atoms with Crippen LogP contribution in [0.2, 0.25) is 0 Å². The molecule has 5 rings (SSSR count). The number of fused-ring (bicyclic) bond motifs is 2. The average Bonchev–Trinajstić information content (AvgIpc) is 3.04. The van der Waals surface area contributed by atoms with E-state index in [1.165, 1.54) is 0 Å². The maximum absolute atomic E-state index is 14.4. The number of aromatic amines is 1. The summed E-state index contributed by atoms with van der Waals surface area (Å²) >= 11 is 0. The molecule has 2 aromatic carbocycles. The molecular formula is C23H23F2N3O. The Bertz CT molecular complexity index is 1050. The van der Waals surface area contributed by atoms with Crippen LogP contribution in [0.15, 0.2) is 54.9 Å². The number of rotatable bonds is 5. The fourth-order valence-electron chi connectivity index (χ4n) is 5.14. The summed E-state index contributed by atoms with van der Waals surface area (Å²) in [7, 11) is 0. The number of imidazole rings is 1. The number of nitrogens with one attached hydrogen (secondary N) is 2. The lowest BCUT2D eigenvalue weighted by atomic mass is 9.85. The summed E-state index contributed by atoms with van der Waals surface area (Å²) < 4.78 is 28.9. The molecule has 2 saturated carbocycles. The van der Waals surface area contributed by atoms with Crippen molar-refractivity contribution in [1.29, 1.82) is 0 Å². The second kappa shape index (κ2) is 6.65. The minimum atomic E-state index is -2.71. The molecule has 0 aliphatic heterocycles. The standard InChI is InChI=1S/C23H23F2N3O/c24-23(25)19-8-4-5-11-22(19,23)13-20(29)28-21(15-6-2-1-3-7-15)16-9-10-17-18(12-16)27-14-26-17/h1-3,6-7,9-10,12,14,19,21H,4-5,8,11,13H2,(H,26,27)(H,28,29). The molecule has 150 valence electrons. The Morgan fingerprint density at radius 3 is 2.79 bits per heavy atom. The van der Waals surface area contributed by atoms with Gasteiger partial charge in [0.05, 0.1) is 28.8 Å². The molecule has 2 N–H and O–H groups in total. The van der Waals surface area contributed by atoms with Gasteiger partial charge in [-0.3, -0.25) is 4.79 Å². The van der Waals surface area contributed by atoms with Crippen molar-refractivity contribution in [1.82, 2.24) is 15.3 Å². The van der Waals surface area contributed by atoms with Gasteiger partial charge in [0.25, 0.3) is 5.92 Å². The summed E-state index contributed by atoms with van der Waals surface area (Å²) in [5, 5.41) is 3.04. The highest BCUT2D eigenvalue weighted by Crippen LogP contribution is 2.73. The van der Waals surface area contributed by atoms with E-state index in [0.29, 0.717) is 12.8 Å². The molecule has 1 amide bonds. The van der Waals surface area contributed by atoms with E-state index in [1.807, 2.05) is 48.5 Å². The number of carbonyl (C=O) groups excluding carboxylic acids is 1. The maximum Gasteiger partial charge on any atom is 0.258 e. The molecule has 4 nitrogen and oxygen atoms in total. The third kappa shape index (κ3) is 2.93. The van der Waals surface area contributed by atoms with Gasteiger partial charge < -0.3 is 10.3 Å².